The number of halogens is 3. The number of aryl methyl sites for hydroxylation is 2. The number of carbonyl (C=O) groups excluding carboxylic acids is 1. The van der Waals surface area contributed by atoms with Gasteiger partial charge in [-0.05, 0) is 49.2 Å². The van der Waals surface area contributed by atoms with Crippen LogP contribution in [0.25, 0.3) is 10.9 Å². The first-order chi connectivity index (χ1) is 12.2. The largest absolute Gasteiger partial charge is 0.416 e. The van der Waals surface area contributed by atoms with Gasteiger partial charge in [0.15, 0.2) is 0 Å². The van der Waals surface area contributed by atoms with E-state index >= 15 is 0 Å². The molecule has 26 heavy (non-hydrogen) atoms. The van der Waals surface area contributed by atoms with Crippen molar-refractivity contribution in [3.05, 3.63) is 70.4 Å². The smallest absolute Gasteiger partial charge is 0.350 e. The van der Waals surface area contributed by atoms with Crippen LogP contribution in [-0.4, -0.2) is 22.8 Å². The van der Waals surface area contributed by atoms with Crippen LogP contribution in [0.1, 0.15) is 32.7 Å². The van der Waals surface area contributed by atoms with Gasteiger partial charge in [0.25, 0.3) is 5.91 Å². The number of alkyl halides is 3. The summed E-state index contributed by atoms with van der Waals surface area (Å²) in [6.45, 7) is 3.94. The van der Waals surface area contributed by atoms with Gasteiger partial charge < -0.3 is 9.88 Å². The van der Waals surface area contributed by atoms with Crippen molar-refractivity contribution in [3.63, 3.8) is 0 Å². The molecule has 0 bridgehead atoms. The van der Waals surface area contributed by atoms with Crippen LogP contribution in [0.3, 0.4) is 0 Å². The minimum atomic E-state index is -4.40. The van der Waals surface area contributed by atoms with Gasteiger partial charge in [0.1, 0.15) is 5.69 Å². The number of benzene rings is 2. The molecule has 1 N–H and O–H groups in total. The summed E-state index contributed by atoms with van der Waals surface area (Å²) < 4.78 is 38.5. The van der Waals surface area contributed by atoms with Gasteiger partial charge in [0.05, 0.1) is 5.56 Å². The fourth-order valence-electron chi connectivity index (χ4n) is 3.04. The second-order valence-corrected chi connectivity index (χ2v) is 6.53. The molecule has 2 aromatic carbocycles. The zero-order valence-electron chi connectivity index (χ0n) is 14.7. The number of H-pyrrole nitrogens is 1. The Bertz CT molecular complexity index is 973. The van der Waals surface area contributed by atoms with E-state index in [1.165, 1.54) is 11.0 Å². The molecule has 0 radical (unpaired) electrons. The molecule has 0 unspecified atom stereocenters. The van der Waals surface area contributed by atoms with Crippen molar-refractivity contribution in [1.29, 1.82) is 0 Å². The van der Waals surface area contributed by atoms with E-state index in [1.54, 1.807) is 13.1 Å². The molecule has 6 heteroatoms. The molecule has 3 rings (SSSR count). The van der Waals surface area contributed by atoms with E-state index in [4.69, 9.17) is 0 Å². The van der Waals surface area contributed by atoms with Gasteiger partial charge in [0, 0.05) is 24.5 Å². The third-order valence-corrected chi connectivity index (χ3v) is 4.45. The monoisotopic (exact) mass is 360 g/mol. The predicted octanol–water partition coefficient (Wildman–Crippen LogP) is 5.08. The van der Waals surface area contributed by atoms with Gasteiger partial charge in [-0.1, -0.05) is 23.8 Å². The number of rotatable bonds is 3. The van der Waals surface area contributed by atoms with E-state index < -0.39 is 11.7 Å². The maximum absolute atomic E-state index is 12.8. The minimum Gasteiger partial charge on any atom is -0.350 e. The second kappa shape index (κ2) is 6.52. The van der Waals surface area contributed by atoms with Crippen LogP contribution in [0.5, 0.6) is 0 Å². The van der Waals surface area contributed by atoms with Gasteiger partial charge >= 0.3 is 6.18 Å². The first kappa shape index (κ1) is 18.0. The molecule has 0 aliphatic heterocycles. The van der Waals surface area contributed by atoms with Crippen LogP contribution in [0.4, 0.5) is 13.2 Å². The molecular weight excluding hydrogens is 341 g/mol. The number of nitrogens with zero attached hydrogens (tertiary/aromatic N) is 1. The summed E-state index contributed by atoms with van der Waals surface area (Å²) in [5.74, 6) is -0.256. The quantitative estimate of drug-likeness (QED) is 0.695. The highest BCUT2D eigenvalue weighted by molar-refractivity contribution is 6.00. The first-order valence-corrected chi connectivity index (χ1v) is 8.17. The molecule has 3 aromatic rings. The van der Waals surface area contributed by atoms with Crippen molar-refractivity contribution in [1.82, 2.24) is 9.88 Å². The fourth-order valence-corrected chi connectivity index (χ4v) is 3.04. The van der Waals surface area contributed by atoms with E-state index in [2.05, 4.69) is 4.98 Å². The molecule has 0 spiro atoms. The third-order valence-electron chi connectivity index (χ3n) is 4.45. The fraction of sp³-hybridized carbons (Fsp3) is 0.250. The zero-order valence-corrected chi connectivity index (χ0v) is 14.7. The average Bonchev–Trinajstić information content (AvgIpc) is 2.90. The van der Waals surface area contributed by atoms with Crippen LogP contribution in [0.2, 0.25) is 0 Å². The molecule has 0 atom stereocenters. The number of hydrogen-bond acceptors (Lipinski definition) is 1. The Labute approximate surface area is 149 Å². The van der Waals surface area contributed by atoms with E-state index in [0.717, 1.165) is 34.2 Å². The molecular formula is C20H19F3N2O. The lowest BCUT2D eigenvalue weighted by atomic mass is 10.1. The van der Waals surface area contributed by atoms with Crippen LogP contribution in [0, 0.1) is 13.8 Å². The minimum absolute atomic E-state index is 0.0938. The first-order valence-electron chi connectivity index (χ1n) is 8.17. The van der Waals surface area contributed by atoms with E-state index in [0.29, 0.717) is 11.3 Å². The number of amides is 1. The molecule has 0 aliphatic rings. The van der Waals surface area contributed by atoms with Crippen molar-refractivity contribution in [2.75, 3.05) is 7.05 Å². The van der Waals surface area contributed by atoms with Crippen LogP contribution in [-0.2, 0) is 12.7 Å². The van der Waals surface area contributed by atoms with Crippen molar-refractivity contribution < 1.29 is 18.0 Å². The number of carbonyl (C=O) groups is 1. The van der Waals surface area contributed by atoms with Gasteiger partial charge in [0.2, 0.25) is 0 Å². The Balaban J connectivity index is 1.86. The summed E-state index contributed by atoms with van der Waals surface area (Å²) in [5, 5.41) is 0.973. The van der Waals surface area contributed by atoms with Gasteiger partial charge in [-0.3, -0.25) is 4.79 Å². The Morgan fingerprint density at radius 2 is 1.85 bits per heavy atom. The third kappa shape index (κ3) is 3.45. The topological polar surface area (TPSA) is 36.1 Å². The van der Waals surface area contributed by atoms with Crippen molar-refractivity contribution in [2.24, 2.45) is 0 Å². The van der Waals surface area contributed by atoms with Crippen LogP contribution >= 0.6 is 0 Å². The normalized spacial score (nSPS) is 11.8. The lowest BCUT2D eigenvalue weighted by Crippen LogP contribution is -2.27. The standard InChI is InChI=1S/C20H19F3N2O/c1-12-7-8-17-16(9-12)13(2)18(24-17)19(26)25(3)11-14-5-4-6-15(10-14)20(21,22)23/h4-10,24H,11H2,1-3H3. The Hall–Kier alpha value is -2.76. The molecule has 0 saturated heterocycles. The molecule has 3 nitrogen and oxygen atoms in total. The number of nitrogens with one attached hydrogen (secondary N) is 1. The summed E-state index contributed by atoms with van der Waals surface area (Å²) in [6.07, 6.45) is -4.40. The molecule has 1 heterocycles. The highest BCUT2D eigenvalue weighted by Gasteiger charge is 2.30. The number of hydrogen-bond donors (Lipinski definition) is 1. The van der Waals surface area contributed by atoms with Gasteiger partial charge in [-0.2, -0.15) is 13.2 Å². The molecule has 0 aliphatic carbocycles. The molecule has 0 fully saturated rings. The van der Waals surface area contributed by atoms with Gasteiger partial charge in [-0.15, -0.1) is 0 Å². The number of fused-ring (bicyclic) bond motifs is 1. The van der Waals surface area contributed by atoms with Crippen molar-refractivity contribution in [3.8, 4) is 0 Å². The summed E-state index contributed by atoms with van der Waals surface area (Å²) in [5.41, 5.74) is 2.97. The van der Waals surface area contributed by atoms with Crippen molar-refractivity contribution in [2.45, 2.75) is 26.6 Å². The molecule has 1 amide bonds. The molecule has 136 valence electrons. The van der Waals surface area contributed by atoms with E-state index in [9.17, 15) is 18.0 Å². The highest BCUT2D eigenvalue weighted by atomic mass is 19.4. The second-order valence-electron chi connectivity index (χ2n) is 6.53. The van der Waals surface area contributed by atoms with Crippen molar-refractivity contribution >= 4 is 16.8 Å². The number of aromatic nitrogens is 1. The summed E-state index contributed by atoms with van der Waals surface area (Å²) in [4.78, 5) is 17.3. The van der Waals surface area contributed by atoms with E-state index in [1.807, 2.05) is 32.0 Å². The average molecular weight is 360 g/mol. The van der Waals surface area contributed by atoms with Gasteiger partial charge in [-0.25, -0.2) is 0 Å². The Morgan fingerprint density at radius 3 is 2.54 bits per heavy atom. The van der Waals surface area contributed by atoms with Crippen LogP contribution < -0.4 is 0 Å². The zero-order chi connectivity index (χ0) is 19.1. The maximum Gasteiger partial charge on any atom is 0.416 e. The Morgan fingerprint density at radius 1 is 1.12 bits per heavy atom. The SMILES string of the molecule is Cc1ccc2[nH]c(C(=O)N(C)Cc3cccc(C(F)(F)F)c3)c(C)c2c1. The highest BCUT2D eigenvalue weighted by Crippen LogP contribution is 2.30. The van der Waals surface area contributed by atoms with E-state index in [-0.39, 0.29) is 12.5 Å². The number of aromatic amines is 1. The van der Waals surface area contributed by atoms with Crippen LogP contribution in [0.15, 0.2) is 42.5 Å². The summed E-state index contributed by atoms with van der Waals surface area (Å²) >= 11 is 0. The predicted molar refractivity (Wildman–Crippen MR) is 95.0 cm³/mol. The maximum atomic E-state index is 12.8. The molecule has 1 aromatic heterocycles. The molecule has 0 saturated carbocycles. The summed E-state index contributed by atoms with van der Waals surface area (Å²) in [6, 6.07) is 10.9. The Kier molecular flexibility index (Phi) is 4.52. The summed E-state index contributed by atoms with van der Waals surface area (Å²) in [7, 11) is 1.58. The lowest BCUT2D eigenvalue weighted by Gasteiger charge is -2.18. The lowest BCUT2D eigenvalue weighted by molar-refractivity contribution is -0.137.